The molecule has 0 nitrogen and oxygen atoms in total. The van der Waals surface area contributed by atoms with Gasteiger partial charge in [-0.05, 0) is 38.8 Å². The summed E-state index contributed by atoms with van der Waals surface area (Å²) in [7, 11) is 0. The fourth-order valence-electron chi connectivity index (χ4n) is 3.75. The minimum Gasteiger partial charge on any atom is -0.126 e. The molecule has 0 spiro atoms. The smallest absolute Gasteiger partial charge is 0.0335 e. The predicted octanol–water partition coefficient (Wildman–Crippen LogP) is 4.69. The Bertz CT molecular complexity index is 1010. The maximum Gasteiger partial charge on any atom is 0.0335 e. The summed E-state index contributed by atoms with van der Waals surface area (Å²) in [4.78, 5) is 0. The van der Waals surface area contributed by atoms with E-state index in [0.29, 0.717) is 11.8 Å². The molecule has 0 aromatic heterocycles. The first kappa shape index (κ1) is 15.7. The van der Waals surface area contributed by atoms with Crippen LogP contribution < -0.4 is 10.4 Å². The lowest BCUT2D eigenvalue weighted by atomic mass is 9.72. The summed E-state index contributed by atoms with van der Waals surface area (Å²) in [5.41, 5.74) is 2.29. The lowest BCUT2D eigenvalue weighted by Gasteiger charge is -2.35. The zero-order valence-corrected chi connectivity index (χ0v) is 14.8. The van der Waals surface area contributed by atoms with Crippen LogP contribution in [0.15, 0.2) is 66.7 Å². The van der Waals surface area contributed by atoms with Crippen LogP contribution >= 0.6 is 23.2 Å². The molecule has 1 aliphatic rings. The average molecular weight is 353 g/mol. The van der Waals surface area contributed by atoms with Crippen molar-refractivity contribution in [1.29, 1.82) is 0 Å². The highest BCUT2D eigenvalue weighted by Gasteiger charge is 2.35. The van der Waals surface area contributed by atoms with Crippen LogP contribution in [0, 0.1) is 5.41 Å². The summed E-state index contributed by atoms with van der Waals surface area (Å²) < 4.78 is 0. The van der Waals surface area contributed by atoms with E-state index in [-0.39, 0.29) is 5.41 Å². The van der Waals surface area contributed by atoms with Gasteiger partial charge in [-0.2, -0.15) is 0 Å². The molecule has 0 atom stereocenters. The van der Waals surface area contributed by atoms with Crippen LogP contribution in [0.25, 0.3) is 22.4 Å². The summed E-state index contributed by atoms with van der Waals surface area (Å²) in [6.45, 7) is 0. The highest BCUT2D eigenvalue weighted by atomic mass is 35.5. The lowest BCUT2D eigenvalue weighted by Crippen LogP contribution is -2.41. The molecule has 0 saturated heterocycles. The Hall–Kier alpha value is -1.76. The van der Waals surface area contributed by atoms with E-state index >= 15 is 0 Å². The number of alkyl halides is 2. The van der Waals surface area contributed by atoms with Gasteiger partial charge in [0.2, 0.25) is 0 Å². The molecule has 24 heavy (non-hydrogen) atoms. The van der Waals surface area contributed by atoms with Crippen LogP contribution in [-0.4, -0.2) is 11.8 Å². The maximum atomic E-state index is 6.47. The molecular weight excluding hydrogens is 335 g/mol. The normalized spacial score (nSPS) is 15.8. The quantitative estimate of drug-likeness (QED) is 0.600. The number of halogens is 2. The maximum absolute atomic E-state index is 6.47. The van der Waals surface area contributed by atoms with Gasteiger partial charge in [-0.1, -0.05) is 72.8 Å². The molecular formula is C22H18Cl2. The molecule has 2 heteroatoms. The molecule has 0 N–H and O–H groups in total. The van der Waals surface area contributed by atoms with Gasteiger partial charge in [-0.3, -0.25) is 0 Å². The van der Waals surface area contributed by atoms with Gasteiger partial charge in [-0.25, -0.2) is 0 Å². The molecule has 1 aliphatic carbocycles. The summed E-state index contributed by atoms with van der Waals surface area (Å²) in [5, 5.41) is 5.02. The van der Waals surface area contributed by atoms with Crippen LogP contribution in [0.5, 0.6) is 0 Å². The molecule has 0 heterocycles. The van der Waals surface area contributed by atoms with Gasteiger partial charge >= 0.3 is 0 Å². The van der Waals surface area contributed by atoms with Crippen LogP contribution in [0.1, 0.15) is 12.0 Å². The lowest BCUT2D eigenvalue weighted by molar-refractivity contribution is 0.531. The van der Waals surface area contributed by atoms with Crippen molar-refractivity contribution in [2.75, 3.05) is 11.8 Å². The molecule has 0 radical (unpaired) electrons. The average Bonchev–Trinajstić information content (AvgIpc) is 2.66. The largest absolute Gasteiger partial charge is 0.126 e. The van der Waals surface area contributed by atoms with Gasteiger partial charge in [-0.15, -0.1) is 23.2 Å². The van der Waals surface area contributed by atoms with E-state index < -0.39 is 0 Å². The topological polar surface area (TPSA) is 0 Å². The Morgan fingerprint density at radius 1 is 0.792 bits per heavy atom. The van der Waals surface area contributed by atoms with Crippen molar-refractivity contribution >= 4 is 45.6 Å². The minimum atomic E-state index is -0.235. The highest BCUT2D eigenvalue weighted by molar-refractivity contribution is 6.23. The van der Waals surface area contributed by atoms with Gasteiger partial charge in [0, 0.05) is 17.2 Å². The van der Waals surface area contributed by atoms with Gasteiger partial charge in [0.25, 0.3) is 0 Å². The Balaban J connectivity index is 2.18. The molecule has 0 bridgehead atoms. The van der Waals surface area contributed by atoms with E-state index in [2.05, 4.69) is 72.8 Å². The molecule has 3 aromatic rings. The first-order chi connectivity index (χ1) is 11.8. The summed E-state index contributed by atoms with van der Waals surface area (Å²) >= 11 is 12.9. The van der Waals surface area contributed by atoms with Crippen LogP contribution in [-0.2, 0) is 0 Å². The second kappa shape index (κ2) is 6.27. The highest BCUT2D eigenvalue weighted by Crippen LogP contribution is 2.42. The standard InChI is InChI=1S/C22H18Cl2/c23-14-22(15-24)13-12-17-7-2-4-10-19(17)21(22)20-11-5-8-16-6-1-3-9-18(16)20/h1-12H,13-15H2. The van der Waals surface area contributed by atoms with E-state index in [1.165, 1.54) is 32.3 Å². The molecule has 4 rings (SSSR count). The molecule has 0 amide bonds. The molecule has 0 fully saturated rings. The van der Waals surface area contributed by atoms with E-state index in [0.717, 1.165) is 6.42 Å². The Morgan fingerprint density at radius 2 is 1.50 bits per heavy atom. The Labute approximate surface area is 152 Å². The van der Waals surface area contributed by atoms with Crippen molar-refractivity contribution < 1.29 is 0 Å². The SMILES string of the molecule is ClCC1(CCl)CC=c2ccccc2=C1c1cccc2ccccc12. The van der Waals surface area contributed by atoms with Gasteiger partial charge < -0.3 is 0 Å². The van der Waals surface area contributed by atoms with E-state index in [9.17, 15) is 0 Å². The van der Waals surface area contributed by atoms with Crippen molar-refractivity contribution in [3.63, 3.8) is 0 Å². The van der Waals surface area contributed by atoms with Crippen LogP contribution in [0.3, 0.4) is 0 Å². The van der Waals surface area contributed by atoms with Crippen molar-refractivity contribution in [3.05, 3.63) is 82.7 Å². The second-order valence-electron chi connectivity index (χ2n) is 6.44. The molecule has 120 valence electrons. The van der Waals surface area contributed by atoms with Gasteiger partial charge in [0.1, 0.15) is 0 Å². The zero-order chi connectivity index (χ0) is 16.6. The number of hydrogen-bond donors (Lipinski definition) is 0. The van der Waals surface area contributed by atoms with E-state index in [4.69, 9.17) is 23.2 Å². The summed E-state index contributed by atoms with van der Waals surface area (Å²) in [6.07, 6.45) is 3.14. The van der Waals surface area contributed by atoms with Crippen molar-refractivity contribution in [1.82, 2.24) is 0 Å². The zero-order valence-electron chi connectivity index (χ0n) is 13.3. The van der Waals surface area contributed by atoms with Crippen molar-refractivity contribution in [3.8, 4) is 0 Å². The van der Waals surface area contributed by atoms with Gasteiger partial charge in [0.15, 0.2) is 0 Å². The third-order valence-electron chi connectivity index (χ3n) is 5.04. The molecule has 3 aromatic carbocycles. The summed E-state index contributed by atoms with van der Waals surface area (Å²) in [5.74, 6) is 1.03. The second-order valence-corrected chi connectivity index (χ2v) is 6.98. The minimum absolute atomic E-state index is 0.235. The fourth-order valence-corrected chi connectivity index (χ4v) is 4.52. The first-order valence-corrected chi connectivity index (χ1v) is 9.26. The summed E-state index contributed by atoms with van der Waals surface area (Å²) in [6, 6.07) is 23.5. The fraction of sp³-hybridized carbons (Fsp3) is 0.182. The number of rotatable bonds is 3. The first-order valence-electron chi connectivity index (χ1n) is 8.19. The van der Waals surface area contributed by atoms with Gasteiger partial charge in [0.05, 0.1) is 0 Å². The monoisotopic (exact) mass is 352 g/mol. The number of hydrogen-bond acceptors (Lipinski definition) is 0. The predicted molar refractivity (Wildman–Crippen MR) is 105 cm³/mol. The van der Waals surface area contributed by atoms with Crippen molar-refractivity contribution in [2.45, 2.75) is 6.42 Å². The molecule has 0 saturated carbocycles. The third kappa shape index (κ3) is 2.37. The van der Waals surface area contributed by atoms with Crippen LogP contribution in [0.2, 0.25) is 0 Å². The van der Waals surface area contributed by atoms with Crippen molar-refractivity contribution in [2.24, 2.45) is 5.41 Å². The Morgan fingerprint density at radius 3 is 2.33 bits per heavy atom. The Kier molecular flexibility index (Phi) is 4.12. The number of benzene rings is 3. The van der Waals surface area contributed by atoms with E-state index in [1.807, 2.05) is 0 Å². The van der Waals surface area contributed by atoms with Crippen LogP contribution in [0.4, 0.5) is 0 Å². The molecule has 0 aliphatic heterocycles. The number of fused-ring (bicyclic) bond motifs is 2. The van der Waals surface area contributed by atoms with E-state index in [1.54, 1.807) is 0 Å². The molecule has 0 unspecified atom stereocenters. The third-order valence-corrected chi connectivity index (χ3v) is 6.07.